The fourth-order valence-electron chi connectivity index (χ4n) is 1.13. The minimum Gasteiger partial charge on any atom is -0.346 e. The summed E-state index contributed by atoms with van der Waals surface area (Å²) in [6, 6.07) is 0.689. The molecule has 1 rings (SSSR count). The lowest BCUT2D eigenvalue weighted by atomic mass is 10.2. The maximum Gasteiger partial charge on any atom is 0.185 e. The van der Waals surface area contributed by atoms with Crippen LogP contribution in [0.4, 0.5) is 0 Å². The lowest BCUT2D eigenvalue weighted by Crippen LogP contribution is -2.47. The van der Waals surface area contributed by atoms with E-state index in [4.69, 9.17) is 0 Å². The number of hydrogen-bond acceptors (Lipinski definition) is 2. The van der Waals surface area contributed by atoms with Crippen molar-refractivity contribution in [1.82, 2.24) is 10.1 Å². The minimum absolute atomic E-state index is 0.689. The van der Waals surface area contributed by atoms with Crippen molar-refractivity contribution in [3.8, 4) is 0 Å². The summed E-state index contributed by atoms with van der Waals surface area (Å²) in [4.78, 5) is 2.35. The molecule has 0 unspecified atom stereocenters. The van der Waals surface area contributed by atoms with Crippen molar-refractivity contribution in [3.63, 3.8) is 0 Å². The van der Waals surface area contributed by atoms with Crippen LogP contribution in [-0.4, -0.2) is 38.5 Å². The summed E-state index contributed by atoms with van der Waals surface area (Å²) in [5, 5.41) is 3.37. The summed E-state index contributed by atoms with van der Waals surface area (Å²) in [6.45, 7) is 5.76. The van der Waals surface area contributed by atoms with Crippen molar-refractivity contribution < 1.29 is 0 Å². The van der Waals surface area contributed by atoms with Gasteiger partial charge in [-0.25, -0.2) is 0 Å². The molecule has 46 valence electrons. The molecule has 1 heterocycles. The molecule has 0 bridgehead atoms. The summed E-state index contributed by atoms with van der Waals surface area (Å²) in [5.74, 6) is 0. The Kier molecular flexibility index (Phi) is 1.92. The van der Waals surface area contributed by atoms with Crippen molar-refractivity contribution >= 4 is 7.98 Å². The molecule has 3 heteroatoms. The Labute approximate surface area is 51.7 Å². The molecular weight excluding hydrogens is 98.9 g/mol. The van der Waals surface area contributed by atoms with E-state index < -0.39 is 0 Å². The highest BCUT2D eigenvalue weighted by Gasteiger charge is 2.09. The Morgan fingerprint density at radius 2 is 2.50 bits per heavy atom. The van der Waals surface area contributed by atoms with Crippen molar-refractivity contribution in [3.05, 3.63) is 0 Å². The third kappa shape index (κ3) is 1.49. The van der Waals surface area contributed by atoms with Gasteiger partial charge in [0.15, 0.2) is 7.98 Å². The van der Waals surface area contributed by atoms with Crippen LogP contribution in [0, 0.1) is 0 Å². The second kappa shape index (κ2) is 2.51. The van der Waals surface area contributed by atoms with Gasteiger partial charge in [-0.1, -0.05) is 0 Å². The predicted molar refractivity (Wildman–Crippen MR) is 37.6 cm³/mol. The van der Waals surface area contributed by atoms with Crippen LogP contribution in [0.25, 0.3) is 0 Å². The van der Waals surface area contributed by atoms with Gasteiger partial charge in [-0.2, -0.15) is 0 Å². The normalized spacial score (nSPS) is 32.9. The number of nitrogens with zero attached hydrogens (tertiary/aromatic N) is 1. The van der Waals surface area contributed by atoms with Crippen LogP contribution in [0.5, 0.6) is 0 Å². The molecule has 1 atom stereocenters. The topological polar surface area (TPSA) is 15.3 Å². The summed E-state index contributed by atoms with van der Waals surface area (Å²) in [7, 11) is 2.16. The third-order valence-corrected chi connectivity index (χ3v) is 1.57. The largest absolute Gasteiger partial charge is 0.346 e. The van der Waals surface area contributed by atoms with Gasteiger partial charge >= 0.3 is 0 Å². The van der Waals surface area contributed by atoms with Gasteiger partial charge in [0.05, 0.1) is 0 Å². The second-order valence-electron chi connectivity index (χ2n) is 2.62. The van der Waals surface area contributed by atoms with Crippen LogP contribution in [0.3, 0.4) is 0 Å². The van der Waals surface area contributed by atoms with E-state index in [0.717, 1.165) is 6.54 Å². The lowest BCUT2D eigenvalue weighted by molar-refractivity contribution is 0.324. The van der Waals surface area contributed by atoms with E-state index in [1.54, 1.807) is 0 Å². The van der Waals surface area contributed by atoms with Crippen molar-refractivity contribution in [2.24, 2.45) is 0 Å². The molecule has 1 aliphatic heterocycles. The molecule has 0 aromatic carbocycles. The van der Waals surface area contributed by atoms with Crippen LogP contribution in [0.2, 0.25) is 0 Å². The number of hydrogen-bond donors (Lipinski definition) is 1. The molecule has 0 aromatic heterocycles. The second-order valence-corrected chi connectivity index (χ2v) is 2.62. The first-order chi connectivity index (χ1) is 3.79. The van der Waals surface area contributed by atoms with Gasteiger partial charge in [0, 0.05) is 19.1 Å². The van der Waals surface area contributed by atoms with E-state index in [1.165, 1.54) is 13.1 Å². The van der Waals surface area contributed by atoms with Crippen LogP contribution in [0.15, 0.2) is 0 Å². The molecule has 0 spiro atoms. The van der Waals surface area contributed by atoms with E-state index in [2.05, 4.69) is 25.0 Å². The predicted octanol–water partition coefficient (Wildman–Crippen LogP) is -1.17. The molecule has 2 nitrogen and oxygen atoms in total. The summed E-state index contributed by atoms with van der Waals surface area (Å²) in [6.07, 6.45) is 0. The van der Waals surface area contributed by atoms with E-state index in [9.17, 15) is 0 Å². The molecule has 0 amide bonds. The zero-order valence-corrected chi connectivity index (χ0v) is 5.65. The molecule has 1 aliphatic rings. The first kappa shape index (κ1) is 6.11. The van der Waals surface area contributed by atoms with Crippen LogP contribution >= 0.6 is 0 Å². The van der Waals surface area contributed by atoms with Gasteiger partial charge < -0.3 is 10.1 Å². The average molecular weight is 112 g/mol. The minimum atomic E-state index is 0.689. The standard InChI is InChI=1S/C5H13BN2/c1-5-4-8(6)3-2-7-5/h5,7H,2-4,6H2,1H3/t5-/m0/s1. The third-order valence-electron chi connectivity index (χ3n) is 1.57. The fraction of sp³-hybridized carbons (Fsp3) is 1.00. The van der Waals surface area contributed by atoms with Crippen LogP contribution < -0.4 is 5.32 Å². The van der Waals surface area contributed by atoms with Crippen molar-refractivity contribution in [2.75, 3.05) is 19.6 Å². The van der Waals surface area contributed by atoms with Gasteiger partial charge in [-0.05, 0) is 13.5 Å². The molecule has 0 aromatic rings. The molecule has 0 radical (unpaired) electrons. The van der Waals surface area contributed by atoms with Gasteiger partial charge in [0.1, 0.15) is 0 Å². The first-order valence-electron chi connectivity index (χ1n) is 3.21. The quantitative estimate of drug-likeness (QED) is 0.397. The molecule has 1 fully saturated rings. The average Bonchev–Trinajstić information content (AvgIpc) is 1.64. The molecule has 0 aliphatic carbocycles. The molecule has 1 N–H and O–H groups in total. The van der Waals surface area contributed by atoms with Crippen molar-refractivity contribution in [1.29, 1.82) is 0 Å². The number of nitrogens with one attached hydrogen (secondary N) is 1. The van der Waals surface area contributed by atoms with E-state index in [-0.39, 0.29) is 0 Å². The van der Waals surface area contributed by atoms with Crippen LogP contribution in [-0.2, 0) is 0 Å². The maximum absolute atomic E-state index is 3.37. The SMILES string of the molecule is BN1CCN[C@@H](C)C1. The van der Waals surface area contributed by atoms with Gasteiger partial charge in [0.2, 0.25) is 0 Å². The molecule has 0 saturated carbocycles. The van der Waals surface area contributed by atoms with Gasteiger partial charge in [-0.3, -0.25) is 0 Å². The zero-order valence-electron chi connectivity index (χ0n) is 5.65. The van der Waals surface area contributed by atoms with Gasteiger partial charge in [-0.15, -0.1) is 0 Å². The Morgan fingerprint density at radius 1 is 1.75 bits per heavy atom. The highest BCUT2D eigenvalue weighted by molar-refractivity contribution is 6.04. The Bertz CT molecular complexity index is 68.8. The molecule has 1 saturated heterocycles. The highest BCUT2D eigenvalue weighted by Crippen LogP contribution is 1.91. The summed E-state index contributed by atoms with van der Waals surface area (Å²) < 4.78 is 0. The Morgan fingerprint density at radius 3 is 2.88 bits per heavy atom. The Hall–Kier alpha value is -0.0151. The lowest BCUT2D eigenvalue weighted by Gasteiger charge is -2.28. The number of rotatable bonds is 0. The molecular formula is C5H13BN2. The number of piperazine rings is 1. The van der Waals surface area contributed by atoms with E-state index >= 15 is 0 Å². The fourth-order valence-corrected chi connectivity index (χ4v) is 1.13. The Balaban J connectivity index is 2.23. The van der Waals surface area contributed by atoms with E-state index in [1.807, 2.05) is 0 Å². The van der Waals surface area contributed by atoms with E-state index in [0.29, 0.717) is 6.04 Å². The smallest absolute Gasteiger partial charge is 0.185 e. The summed E-state index contributed by atoms with van der Waals surface area (Å²) >= 11 is 0. The highest BCUT2D eigenvalue weighted by atomic mass is 15.1. The van der Waals surface area contributed by atoms with Crippen molar-refractivity contribution in [2.45, 2.75) is 13.0 Å². The summed E-state index contributed by atoms with van der Waals surface area (Å²) in [5.41, 5.74) is 0. The van der Waals surface area contributed by atoms with Crippen LogP contribution in [0.1, 0.15) is 6.92 Å². The zero-order chi connectivity index (χ0) is 5.98. The maximum atomic E-state index is 3.37. The van der Waals surface area contributed by atoms with Gasteiger partial charge in [0.25, 0.3) is 0 Å². The molecule has 8 heavy (non-hydrogen) atoms. The monoisotopic (exact) mass is 112 g/mol. The first-order valence-corrected chi connectivity index (χ1v) is 3.21.